The van der Waals surface area contributed by atoms with E-state index in [-0.39, 0.29) is 31.7 Å². The molecule has 0 aromatic carbocycles. The normalized spacial score (nSPS) is 13.2. The molecule has 17 heavy (non-hydrogen) atoms. The number of carbonyl (C=O) groups excluding carboxylic acids is 1. The molecule has 0 aromatic heterocycles. The van der Waals surface area contributed by atoms with Crippen LogP contribution in [0.25, 0.3) is 0 Å². The van der Waals surface area contributed by atoms with E-state index < -0.39 is 0 Å². The summed E-state index contributed by atoms with van der Waals surface area (Å²) in [5.74, 6) is 0.432. The minimum atomic E-state index is -0.00325. The lowest BCUT2D eigenvalue weighted by Crippen LogP contribution is -2.45. The van der Waals surface area contributed by atoms with Gasteiger partial charge in [-0.25, -0.2) is 0 Å². The molecule has 0 aromatic rings. The van der Waals surface area contributed by atoms with Crippen LogP contribution < -0.4 is 0 Å². The van der Waals surface area contributed by atoms with Crippen molar-refractivity contribution >= 4 is 5.91 Å². The van der Waals surface area contributed by atoms with Gasteiger partial charge in [-0.15, -0.1) is 0 Å². The Labute approximate surface area is 104 Å². The topological polar surface area (TPSA) is 64.0 Å². The zero-order valence-corrected chi connectivity index (χ0v) is 11.4. The summed E-state index contributed by atoms with van der Waals surface area (Å²) in [6.45, 7) is 7.24. The smallest absolute Gasteiger partial charge is 0.236 e. The fraction of sp³-hybridized carbons (Fsp3) is 0.917. The SMILES string of the molecule is CC(C)[C@H](C)N(C)C(=O)CN(CCO)CCO. The first-order valence-electron chi connectivity index (χ1n) is 6.13. The van der Waals surface area contributed by atoms with Gasteiger partial charge >= 0.3 is 0 Å². The second kappa shape index (κ2) is 8.44. The van der Waals surface area contributed by atoms with E-state index in [9.17, 15) is 4.79 Å². The Morgan fingerprint density at radius 2 is 1.59 bits per heavy atom. The predicted molar refractivity (Wildman–Crippen MR) is 67.7 cm³/mol. The summed E-state index contributed by atoms with van der Waals surface area (Å²) in [4.78, 5) is 15.5. The lowest BCUT2D eigenvalue weighted by Gasteiger charge is -2.30. The Kier molecular flexibility index (Phi) is 8.12. The van der Waals surface area contributed by atoms with Gasteiger partial charge in [0.1, 0.15) is 0 Å². The number of amides is 1. The largest absolute Gasteiger partial charge is 0.395 e. The Morgan fingerprint density at radius 1 is 1.12 bits per heavy atom. The number of carbonyl (C=O) groups is 1. The van der Waals surface area contributed by atoms with E-state index in [2.05, 4.69) is 13.8 Å². The van der Waals surface area contributed by atoms with Crippen molar-refractivity contribution in [2.24, 2.45) is 5.92 Å². The Hall–Kier alpha value is -0.650. The first-order valence-corrected chi connectivity index (χ1v) is 6.13. The highest BCUT2D eigenvalue weighted by Crippen LogP contribution is 2.08. The number of aliphatic hydroxyl groups excluding tert-OH is 2. The molecular weight excluding hydrogens is 220 g/mol. The zero-order chi connectivity index (χ0) is 13.4. The summed E-state index contributed by atoms with van der Waals surface area (Å²) in [5, 5.41) is 17.7. The lowest BCUT2D eigenvalue weighted by atomic mass is 10.1. The molecule has 1 amide bonds. The predicted octanol–water partition coefficient (Wildman–Crippen LogP) is -0.224. The maximum Gasteiger partial charge on any atom is 0.236 e. The van der Waals surface area contributed by atoms with Gasteiger partial charge in [-0.1, -0.05) is 13.8 Å². The molecular formula is C12H26N2O3. The molecule has 0 aliphatic carbocycles. The second-order valence-corrected chi connectivity index (χ2v) is 4.71. The third-order valence-electron chi connectivity index (χ3n) is 3.16. The minimum Gasteiger partial charge on any atom is -0.395 e. The number of aliphatic hydroxyl groups is 2. The number of hydrogen-bond acceptors (Lipinski definition) is 4. The molecule has 0 heterocycles. The Bertz CT molecular complexity index is 216. The van der Waals surface area contributed by atoms with Crippen LogP contribution in [0.4, 0.5) is 0 Å². The molecule has 0 saturated heterocycles. The quantitative estimate of drug-likeness (QED) is 0.621. The van der Waals surface area contributed by atoms with Crippen molar-refractivity contribution in [2.75, 3.05) is 39.9 Å². The fourth-order valence-corrected chi connectivity index (χ4v) is 1.53. The lowest BCUT2D eigenvalue weighted by molar-refractivity contribution is -0.133. The highest BCUT2D eigenvalue weighted by atomic mass is 16.3. The maximum absolute atomic E-state index is 12.0. The van der Waals surface area contributed by atoms with Crippen molar-refractivity contribution in [3.8, 4) is 0 Å². The van der Waals surface area contributed by atoms with Crippen molar-refractivity contribution in [3.63, 3.8) is 0 Å². The van der Waals surface area contributed by atoms with E-state index in [1.165, 1.54) is 0 Å². The van der Waals surface area contributed by atoms with Crippen molar-refractivity contribution in [3.05, 3.63) is 0 Å². The van der Waals surface area contributed by atoms with Gasteiger partial charge in [0.2, 0.25) is 5.91 Å². The average Bonchev–Trinajstić information content (AvgIpc) is 2.27. The van der Waals surface area contributed by atoms with Crippen molar-refractivity contribution < 1.29 is 15.0 Å². The maximum atomic E-state index is 12.0. The monoisotopic (exact) mass is 246 g/mol. The molecule has 0 radical (unpaired) electrons. The Morgan fingerprint density at radius 3 is 1.94 bits per heavy atom. The standard InChI is InChI=1S/C12H26N2O3/c1-10(2)11(3)13(4)12(17)9-14(5-7-15)6-8-16/h10-11,15-16H,5-9H2,1-4H3/t11-/m0/s1. The molecule has 0 aliphatic heterocycles. The molecule has 0 spiro atoms. The van der Waals surface area contributed by atoms with Gasteiger partial charge in [0.05, 0.1) is 19.8 Å². The van der Waals surface area contributed by atoms with Crippen LogP contribution in [0.15, 0.2) is 0 Å². The van der Waals surface area contributed by atoms with Gasteiger partial charge in [-0.3, -0.25) is 9.69 Å². The molecule has 1 atom stereocenters. The van der Waals surface area contributed by atoms with Crippen LogP contribution in [0, 0.1) is 5.92 Å². The highest BCUT2D eigenvalue weighted by Gasteiger charge is 2.20. The van der Waals surface area contributed by atoms with Crippen LogP contribution in [-0.2, 0) is 4.79 Å². The highest BCUT2D eigenvalue weighted by molar-refractivity contribution is 5.78. The van der Waals surface area contributed by atoms with Gasteiger partial charge < -0.3 is 15.1 Å². The van der Waals surface area contributed by atoms with Crippen molar-refractivity contribution in [2.45, 2.75) is 26.8 Å². The van der Waals surface area contributed by atoms with E-state index >= 15 is 0 Å². The summed E-state index contributed by atoms with van der Waals surface area (Å²) >= 11 is 0. The van der Waals surface area contributed by atoms with Gasteiger partial charge in [-0.2, -0.15) is 0 Å². The minimum absolute atomic E-state index is 0.00325. The van der Waals surface area contributed by atoms with Crippen LogP contribution in [0.2, 0.25) is 0 Å². The summed E-state index contributed by atoms with van der Waals surface area (Å²) in [5.41, 5.74) is 0. The van der Waals surface area contributed by atoms with E-state index in [0.717, 1.165) is 0 Å². The van der Waals surface area contributed by atoms with E-state index in [1.807, 2.05) is 6.92 Å². The first kappa shape index (κ1) is 16.4. The van der Waals surface area contributed by atoms with Gasteiger partial charge in [0.25, 0.3) is 0 Å². The van der Waals surface area contributed by atoms with Crippen LogP contribution in [0.3, 0.4) is 0 Å². The van der Waals surface area contributed by atoms with Crippen LogP contribution in [-0.4, -0.2) is 71.9 Å². The number of likely N-dealkylation sites (N-methyl/N-ethyl adjacent to an activating group) is 1. The molecule has 0 rings (SSSR count). The van der Waals surface area contributed by atoms with Crippen LogP contribution in [0.5, 0.6) is 0 Å². The molecule has 0 bridgehead atoms. The van der Waals surface area contributed by atoms with Crippen LogP contribution in [0.1, 0.15) is 20.8 Å². The van der Waals surface area contributed by atoms with Crippen molar-refractivity contribution in [1.82, 2.24) is 9.80 Å². The third kappa shape index (κ3) is 6.00. The summed E-state index contributed by atoms with van der Waals surface area (Å²) in [6.07, 6.45) is 0. The number of rotatable bonds is 8. The molecule has 0 saturated carbocycles. The molecule has 0 aliphatic rings. The zero-order valence-electron chi connectivity index (χ0n) is 11.4. The van der Waals surface area contributed by atoms with Gasteiger partial charge in [-0.05, 0) is 12.8 Å². The van der Waals surface area contributed by atoms with Crippen LogP contribution >= 0.6 is 0 Å². The first-order chi connectivity index (χ1) is 7.93. The molecule has 0 fully saturated rings. The molecule has 5 nitrogen and oxygen atoms in total. The van der Waals surface area contributed by atoms with Gasteiger partial charge in [0.15, 0.2) is 0 Å². The summed E-state index contributed by atoms with van der Waals surface area (Å²) in [7, 11) is 1.79. The summed E-state index contributed by atoms with van der Waals surface area (Å²) < 4.78 is 0. The summed E-state index contributed by atoms with van der Waals surface area (Å²) in [6, 6.07) is 0.188. The van der Waals surface area contributed by atoms with Crippen molar-refractivity contribution in [1.29, 1.82) is 0 Å². The molecule has 0 unspecified atom stereocenters. The van der Waals surface area contributed by atoms with E-state index in [0.29, 0.717) is 19.0 Å². The van der Waals surface area contributed by atoms with E-state index in [1.54, 1.807) is 16.8 Å². The number of nitrogens with zero attached hydrogens (tertiary/aromatic N) is 2. The fourth-order valence-electron chi connectivity index (χ4n) is 1.53. The molecule has 102 valence electrons. The Balaban J connectivity index is 4.28. The van der Waals surface area contributed by atoms with E-state index in [4.69, 9.17) is 10.2 Å². The molecule has 2 N–H and O–H groups in total. The van der Waals surface area contributed by atoms with Gasteiger partial charge in [0, 0.05) is 26.2 Å². The second-order valence-electron chi connectivity index (χ2n) is 4.71. The third-order valence-corrected chi connectivity index (χ3v) is 3.16. The number of hydrogen-bond donors (Lipinski definition) is 2. The molecule has 5 heteroatoms. The average molecular weight is 246 g/mol.